The topological polar surface area (TPSA) is 55.1 Å². The molecular formula is C40H39IrN2O2S-. The van der Waals surface area contributed by atoms with Crippen molar-refractivity contribution in [3.8, 4) is 5.69 Å². The number of fused-ring (bicyclic) bond motifs is 3. The molecule has 4 aromatic carbocycles. The number of pyridine rings is 1. The van der Waals surface area contributed by atoms with Gasteiger partial charge in [0.25, 0.3) is 0 Å². The molecule has 0 aliphatic rings. The summed E-state index contributed by atoms with van der Waals surface area (Å²) in [6, 6.07) is 33.8. The van der Waals surface area contributed by atoms with Crippen LogP contribution in [0.5, 0.6) is 0 Å². The van der Waals surface area contributed by atoms with Crippen LogP contribution in [-0.2, 0) is 24.9 Å². The van der Waals surface area contributed by atoms with Crippen LogP contribution < -0.4 is 0 Å². The van der Waals surface area contributed by atoms with Crippen molar-refractivity contribution in [1.29, 1.82) is 0 Å². The Kier molecular flexibility index (Phi) is 10.7. The first-order valence-corrected chi connectivity index (χ1v) is 16.9. The fourth-order valence-corrected chi connectivity index (χ4v) is 7.52. The van der Waals surface area contributed by atoms with E-state index in [9.17, 15) is 9.90 Å². The molecule has 1 radical (unpaired) electrons. The Morgan fingerprint density at radius 3 is 2.22 bits per heavy atom. The van der Waals surface area contributed by atoms with E-state index < -0.39 is 0 Å². The van der Waals surface area contributed by atoms with Crippen LogP contribution in [0, 0.1) is 17.9 Å². The van der Waals surface area contributed by atoms with Gasteiger partial charge in [0.15, 0.2) is 5.78 Å². The average Bonchev–Trinajstić information content (AvgIpc) is 3.41. The van der Waals surface area contributed by atoms with E-state index in [0.29, 0.717) is 0 Å². The van der Waals surface area contributed by atoms with Gasteiger partial charge in [-0.05, 0) is 66.9 Å². The Hall–Kier alpha value is -3.83. The summed E-state index contributed by atoms with van der Waals surface area (Å²) < 4.78 is 4.92. The molecule has 0 spiro atoms. The maximum atomic E-state index is 11.7. The second kappa shape index (κ2) is 14.7. The molecule has 0 bridgehead atoms. The van der Waals surface area contributed by atoms with Crippen molar-refractivity contribution in [3.63, 3.8) is 0 Å². The molecule has 237 valence electrons. The molecule has 6 heteroatoms. The Labute approximate surface area is 288 Å². The van der Waals surface area contributed by atoms with Crippen molar-refractivity contribution >= 4 is 70.0 Å². The van der Waals surface area contributed by atoms with E-state index in [1.165, 1.54) is 37.2 Å². The summed E-state index contributed by atoms with van der Waals surface area (Å²) in [5.74, 6) is 0.547. The van der Waals surface area contributed by atoms with Gasteiger partial charge in [-0.2, -0.15) is 0 Å². The zero-order valence-corrected chi connectivity index (χ0v) is 29.9. The van der Waals surface area contributed by atoms with Crippen LogP contribution in [0.3, 0.4) is 0 Å². The van der Waals surface area contributed by atoms with Crippen LogP contribution in [0.1, 0.15) is 53.4 Å². The molecule has 0 saturated heterocycles. The number of hydrogen-bond acceptors (Lipinski definition) is 4. The van der Waals surface area contributed by atoms with Crippen LogP contribution in [0.4, 0.5) is 0 Å². The van der Waals surface area contributed by atoms with Crippen LogP contribution in [-0.4, -0.2) is 20.4 Å². The first kappa shape index (κ1) is 33.5. The van der Waals surface area contributed by atoms with Gasteiger partial charge in [-0.3, -0.25) is 9.78 Å². The molecule has 0 aliphatic carbocycles. The van der Waals surface area contributed by atoms with E-state index in [1.807, 2.05) is 45.2 Å². The number of carbonyl (C=O) groups is 1. The molecule has 1 N–H and O–H groups in total. The van der Waals surface area contributed by atoms with E-state index in [2.05, 4.69) is 95.6 Å². The standard InChI is InChI=1S/C27H15N2S.C13H24O2.Ir/c1-2-9-19(10-3-1)29-21-11-6-12-23-25(21)26-24(30-23)13-14-28-27(26)20-15-17-7-4-5-8-18(17)16-22(20)29;1-5-10(6-2)12(14)9-13(15)11(7-3)8-4;/h1-14,16H;9-11,14H,5-8H2,1-4H3;/q-1;;/b;12-9-;. The fraction of sp³-hybridized carbons (Fsp3) is 0.250. The number of benzene rings is 4. The molecule has 0 amide bonds. The van der Waals surface area contributed by atoms with Crippen LogP contribution >= 0.6 is 11.3 Å². The summed E-state index contributed by atoms with van der Waals surface area (Å²) >= 11 is 1.83. The van der Waals surface area contributed by atoms with Crippen LogP contribution in [0.15, 0.2) is 103 Å². The minimum atomic E-state index is 0. The second-order valence-corrected chi connectivity index (χ2v) is 12.7. The van der Waals surface area contributed by atoms with Gasteiger partial charge in [0.1, 0.15) is 0 Å². The summed E-state index contributed by atoms with van der Waals surface area (Å²) in [6.07, 6.45) is 6.83. The molecule has 4 nitrogen and oxygen atoms in total. The van der Waals surface area contributed by atoms with E-state index in [4.69, 9.17) is 4.98 Å². The molecule has 3 aromatic heterocycles. The maximum Gasteiger partial charge on any atom is 0.162 e. The molecule has 7 rings (SSSR count). The number of aliphatic hydroxyl groups excluding tert-OH is 1. The number of ketones is 1. The summed E-state index contributed by atoms with van der Waals surface area (Å²) in [7, 11) is 0. The zero-order valence-electron chi connectivity index (χ0n) is 26.7. The predicted molar refractivity (Wildman–Crippen MR) is 192 cm³/mol. The summed E-state index contributed by atoms with van der Waals surface area (Å²) in [6.45, 7) is 8.07. The quantitative estimate of drug-likeness (QED) is 0.0946. The van der Waals surface area contributed by atoms with Gasteiger partial charge in [-0.1, -0.05) is 87.0 Å². The Bertz CT molecular complexity index is 2150. The number of carbonyl (C=O) groups excluding carboxylic acids is 1. The molecule has 0 fully saturated rings. The number of rotatable bonds is 8. The van der Waals surface area contributed by atoms with Crippen LogP contribution in [0.25, 0.3) is 58.6 Å². The number of hydrogen-bond donors (Lipinski definition) is 1. The average molecular weight is 804 g/mol. The molecule has 0 saturated carbocycles. The van der Waals surface area contributed by atoms with E-state index >= 15 is 0 Å². The number of aliphatic hydroxyl groups is 1. The van der Waals surface area contributed by atoms with Gasteiger partial charge >= 0.3 is 0 Å². The van der Waals surface area contributed by atoms with Gasteiger partial charge < -0.3 is 9.67 Å². The predicted octanol–water partition coefficient (Wildman–Crippen LogP) is 11.4. The first-order chi connectivity index (χ1) is 22.0. The molecular weight excluding hydrogens is 765 g/mol. The summed E-state index contributed by atoms with van der Waals surface area (Å²) in [4.78, 5) is 16.6. The van der Waals surface area contributed by atoms with Gasteiger partial charge in [0, 0.05) is 75.7 Å². The number of allylic oxidation sites excluding steroid dienone is 2. The Balaban J connectivity index is 0.000000225. The number of thiophene rings is 1. The van der Waals surface area contributed by atoms with Crippen molar-refractivity contribution < 1.29 is 30.0 Å². The largest absolute Gasteiger partial charge is 0.512 e. The van der Waals surface area contributed by atoms with Crippen LogP contribution in [0.2, 0.25) is 0 Å². The zero-order chi connectivity index (χ0) is 31.5. The minimum Gasteiger partial charge on any atom is -0.512 e. The molecule has 7 aromatic rings. The Morgan fingerprint density at radius 2 is 1.50 bits per heavy atom. The molecule has 46 heavy (non-hydrogen) atoms. The normalized spacial score (nSPS) is 11.9. The third-order valence-electron chi connectivity index (χ3n) is 8.97. The SMILES string of the molecule is CCC(CC)C(=O)/C=C(\O)C(CC)CC.[Ir].[c-]1c2ccccc2cc2c1c1nccc3sc4cccc(c4c31)n2-c1ccccc1. The molecule has 0 unspecified atom stereocenters. The van der Waals surface area contributed by atoms with Crippen molar-refractivity contribution in [2.45, 2.75) is 53.4 Å². The smallest absolute Gasteiger partial charge is 0.162 e. The van der Waals surface area contributed by atoms with Gasteiger partial charge in [0.05, 0.1) is 5.76 Å². The first-order valence-electron chi connectivity index (χ1n) is 16.0. The van der Waals surface area contributed by atoms with E-state index in [0.717, 1.165) is 53.2 Å². The minimum absolute atomic E-state index is 0. The van der Waals surface area contributed by atoms with Crippen molar-refractivity contribution in [2.24, 2.45) is 11.8 Å². The van der Waals surface area contributed by atoms with E-state index in [1.54, 1.807) is 0 Å². The van der Waals surface area contributed by atoms with Crippen molar-refractivity contribution in [3.05, 3.63) is 109 Å². The number of nitrogens with zero attached hydrogens (tertiary/aromatic N) is 2. The third kappa shape index (κ3) is 6.27. The monoisotopic (exact) mass is 804 g/mol. The third-order valence-corrected chi connectivity index (χ3v) is 10.1. The Morgan fingerprint density at radius 1 is 0.826 bits per heavy atom. The maximum absolute atomic E-state index is 11.7. The summed E-state index contributed by atoms with van der Waals surface area (Å²) in [5.41, 5.74) is 4.47. The van der Waals surface area contributed by atoms with Gasteiger partial charge in [-0.15, -0.1) is 28.9 Å². The van der Waals surface area contributed by atoms with E-state index in [-0.39, 0.29) is 43.5 Å². The number of aromatic nitrogens is 2. The molecule has 0 aliphatic heterocycles. The fourth-order valence-electron chi connectivity index (χ4n) is 6.40. The van der Waals surface area contributed by atoms with Gasteiger partial charge in [-0.25, -0.2) is 0 Å². The van der Waals surface area contributed by atoms with Gasteiger partial charge in [0.2, 0.25) is 0 Å². The number of para-hydroxylation sites is 1. The van der Waals surface area contributed by atoms with Crippen molar-refractivity contribution in [2.75, 3.05) is 0 Å². The summed E-state index contributed by atoms with van der Waals surface area (Å²) in [5, 5.41) is 15.6. The molecule has 3 heterocycles. The van der Waals surface area contributed by atoms with Crippen molar-refractivity contribution in [1.82, 2.24) is 9.55 Å². The second-order valence-electron chi connectivity index (χ2n) is 11.6. The molecule has 0 atom stereocenters.